The summed E-state index contributed by atoms with van der Waals surface area (Å²) in [6.07, 6.45) is 7.72. The van der Waals surface area contributed by atoms with Crippen LogP contribution < -0.4 is 5.32 Å². The number of carbonyl (C=O) groups excluding carboxylic acids is 1. The molecule has 1 aliphatic carbocycles. The highest BCUT2D eigenvalue weighted by Crippen LogP contribution is 2.24. The normalized spacial score (nSPS) is 28.0. The van der Waals surface area contributed by atoms with Crippen molar-refractivity contribution in [3.05, 3.63) is 0 Å². The van der Waals surface area contributed by atoms with E-state index >= 15 is 0 Å². The van der Waals surface area contributed by atoms with Crippen molar-refractivity contribution < 1.29 is 4.79 Å². The van der Waals surface area contributed by atoms with Gasteiger partial charge in [-0.2, -0.15) is 0 Å². The van der Waals surface area contributed by atoms with Crippen LogP contribution in [0.4, 0.5) is 0 Å². The minimum atomic E-state index is 0. The topological polar surface area (TPSA) is 35.6 Å². The Hall–Kier alpha value is -0.0300. The van der Waals surface area contributed by atoms with Crippen LogP contribution in [-0.2, 0) is 4.79 Å². The number of hydrogen-bond acceptors (Lipinski definition) is 3. The average molecular weight is 324 g/mol. The smallest absolute Gasteiger partial charge is 0.239 e. The first-order valence-electron chi connectivity index (χ1n) is 7.61. The first kappa shape index (κ1) is 18.0. The zero-order chi connectivity index (χ0) is 12.4. The number of rotatable bonds is 2. The van der Waals surface area contributed by atoms with E-state index in [1.54, 1.807) is 0 Å². The van der Waals surface area contributed by atoms with Crippen LogP contribution in [-0.4, -0.2) is 60.5 Å². The lowest BCUT2D eigenvalue weighted by molar-refractivity contribution is -0.135. The number of piperazine rings is 1. The second kappa shape index (κ2) is 8.42. The summed E-state index contributed by atoms with van der Waals surface area (Å²) in [7, 11) is 0. The molecule has 20 heavy (non-hydrogen) atoms. The Morgan fingerprint density at radius 1 is 0.900 bits per heavy atom. The van der Waals surface area contributed by atoms with Gasteiger partial charge in [0, 0.05) is 32.2 Å². The fourth-order valence-electron chi connectivity index (χ4n) is 3.69. The molecule has 3 rings (SSSR count). The molecular formula is C14H27Cl2N3O. The van der Waals surface area contributed by atoms with E-state index in [2.05, 4.69) is 15.1 Å². The number of carbonyl (C=O) groups is 1. The van der Waals surface area contributed by atoms with Gasteiger partial charge in [-0.05, 0) is 32.2 Å². The lowest BCUT2D eigenvalue weighted by Crippen LogP contribution is -2.54. The third-order valence-electron chi connectivity index (χ3n) is 4.83. The molecule has 2 aliphatic heterocycles. The van der Waals surface area contributed by atoms with E-state index in [1.807, 2.05) is 0 Å². The maximum absolute atomic E-state index is 12.3. The summed E-state index contributed by atoms with van der Waals surface area (Å²) in [6, 6.07) is 0.926. The lowest BCUT2D eigenvalue weighted by atomic mass is 10.1. The highest BCUT2D eigenvalue weighted by atomic mass is 35.5. The summed E-state index contributed by atoms with van der Waals surface area (Å²) in [5.74, 6) is 0.346. The molecule has 0 aromatic heterocycles. The van der Waals surface area contributed by atoms with Gasteiger partial charge in [0.15, 0.2) is 0 Å². The molecule has 0 bridgehead atoms. The minimum Gasteiger partial charge on any atom is -0.339 e. The molecule has 0 radical (unpaired) electrons. The molecule has 2 saturated heterocycles. The van der Waals surface area contributed by atoms with Crippen molar-refractivity contribution >= 4 is 30.7 Å². The number of halogens is 2. The Balaban J connectivity index is 0.000001000. The number of nitrogens with one attached hydrogen (secondary N) is 1. The highest BCUT2D eigenvalue weighted by molar-refractivity contribution is 5.85. The van der Waals surface area contributed by atoms with Gasteiger partial charge in [-0.25, -0.2) is 0 Å². The first-order valence-corrected chi connectivity index (χ1v) is 7.61. The Bertz CT molecular complexity index is 297. The average Bonchev–Trinajstić information content (AvgIpc) is 3.11. The lowest BCUT2D eigenvalue weighted by Gasteiger charge is -2.38. The number of nitrogens with zero attached hydrogens (tertiary/aromatic N) is 2. The molecule has 118 valence electrons. The van der Waals surface area contributed by atoms with Crippen molar-refractivity contribution in [2.24, 2.45) is 0 Å². The molecule has 3 aliphatic rings. The molecule has 0 unspecified atom stereocenters. The summed E-state index contributed by atoms with van der Waals surface area (Å²) < 4.78 is 0. The van der Waals surface area contributed by atoms with Crippen molar-refractivity contribution in [1.82, 2.24) is 15.1 Å². The van der Waals surface area contributed by atoms with E-state index < -0.39 is 0 Å². The second-order valence-corrected chi connectivity index (χ2v) is 5.95. The van der Waals surface area contributed by atoms with Crippen LogP contribution in [0.15, 0.2) is 0 Å². The molecule has 0 spiro atoms. The predicted molar refractivity (Wildman–Crippen MR) is 85.9 cm³/mol. The minimum absolute atomic E-state index is 0. The van der Waals surface area contributed by atoms with Crippen LogP contribution >= 0.6 is 24.8 Å². The van der Waals surface area contributed by atoms with Gasteiger partial charge in [-0.3, -0.25) is 9.69 Å². The van der Waals surface area contributed by atoms with Gasteiger partial charge in [0.1, 0.15) is 0 Å². The van der Waals surface area contributed by atoms with E-state index in [1.165, 1.54) is 25.7 Å². The fourth-order valence-corrected chi connectivity index (χ4v) is 3.69. The monoisotopic (exact) mass is 323 g/mol. The van der Waals surface area contributed by atoms with Crippen molar-refractivity contribution in [1.29, 1.82) is 0 Å². The Labute approximate surface area is 134 Å². The largest absolute Gasteiger partial charge is 0.339 e. The Morgan fingerprint density at radius 2 is 1.55 bits per heavy atom. The third kappa shape index (κ3) is 4.00. The maximum Gasteiger partial charge on any atom is 0.239 e. The number of hydrogen-bond donors (Lipinski definition) is 1. The van der Waals surface area contributed by atoms with E-state index in [4.69, 9.17) is 0 Å². The first-order chi connectivity index (χ1) is 8.84. The van der Waals surface area contributed by atoms with Gasteiger partial charge in [0.2, 0.25) is 5.91 Å². The molecule has 0 aromatic rings. The standard InChI is InChI=1S/C14H25N3O.2ClH/c18-14(13-6-3-7-15-13)17-10-8-16(9-11-17)12-4-1-2-5-12;;/h12-13,15H,1-11H2;2*1H/t13-;;/m0../s1. The van der Waals surface area contributed by atoms with Gasteiger partial charge in [0.05, 0.1) is 6.04 Å². The van der Waals surface area contributed by atoms with Crippen LogP contribution in [0.2, 0.25) is 0 Å². The molecule has 0 aromatic carbocycles. The zero-order valence-electron chi connectivity index (χ0n) is 12.1. The van der Waals surface area contributed by atoms with Crippen LogP contribution in [0.3, 0.4) is 0 Å². The summed E-state index contributed by atoms with van der Waals surface area (Å²) in [5.41, 5.74) is 0. The van der Waals surface area contributed by atoms with Gasteiger partial charge in [0.25, 0.3) is 0 Å². The summed E-state index contributed by atoms with van der Waals surface area (Å²) in [6.45, 7) is 5.06. The zero-order valence-corrected chi connectivity index (χ0v) is 13.7. The van der Waals surface area contributed by atoms with E-state index in [-0.39, 0.29) is 30.9 Å². The molecule has 1 N–H and O–H groups in total. The molecule has 4 nitrogen and oxygen atoms in total. The summed E-state index contributed by atoms with van der Waals surface area (Å²) >= 11 is 0. The molecule has 3 fully saturated rings. The molecule has 1 saturated carbocycles. The van der Waals surface area contributed by atoms with E-state index in [0.717, 1.165) is 51.6 Å². The van der Waals surface area contributed by atoms with Crippen LogP contribution in [0.25, 0.3) is 0 Å². The molecular weight excluding hydrogens is 297 g/mol. The van der Waals surface area contributed by atoms with Gasteiger partial charge >= 0.3 is 0 Å². The SMILES string of the molecule is Cl.Cl.O=C([C@@H]1CCCN1)N1CCN(C2CCCC2)CC1. The van der Waals surface area contributed by atoms with E-state index in [9.17, 15) is 4.79 Å². The van der Waals surface area contributed by atoms with Crippen molar-refractivity contribution in [3.63, 3.8) is 0 Å². The van der Waals surface area contributed by atoms with Gasteiger partial charge in [-0.15, -0.1) is 24.8 Å². The molecule has 6 heteroatoms. The maximum atomic E-state index is 12.3. The molecule has 2 heterocycles. The van der Waals surface area contributed by atoms with Crippen molar-refractivity contribution in [2.75, 3.05) is 32.7 Å². The molecule has 1 atom stereocenters. The molecule has 1 amide bonds. The Morgan fingerprint density at radius 3 is 2.10 bits per heavy atom. The summed E-state index contributed by atoms with van der Waals surface area (Å²) in [4.78, 5) is 17.0. The van der Waals surface area contributed by atoms with Crippen molar-refractivity contribution in [2.45, 2.75) is 50.6 Å². The fraction of sp³-hybridized carbons (Fsp3) is 0.929. The van der Waals surface area contributed by atoms with E-state index in [0.29, 0.717) is 5.91 Å². The van der Waals surface area contributed by atoms with Crippen LogP contribution in [0, 0.1) is 0 Å². The van der Waals surface area contributed by atoms with Gasteiger partial charge in [-0.1, -0.05) is 12.8 Å². The summed E-state index contributed by atoms with van der Waals surface area (Å²) in [5, 5.41) is 3.32. The second-order valence-electron chi connectivity index (χ2n) is 5.95. The van der Waals surface area contributed by atoms with Crippen molar-refractivity contribution in [3.8, 4) is 0 Å². The predicted octanol–water partition coefficient (Wildman–Crippen LogP) is 1.67. The Kier molecular flexibility index (Phi) is 7.59. The van der Waals surface area contributed by atoms with Crippen LogP contribution in [0.1, 0.15) is 38.5 Å². The quantitative estimate of drug-likeness (QED) is 0.839. The highest BCUT2D eigenvalue weighted by Gasteiger charge is 2.31. The third-order valence-corrected chi connectivity index (χ3v) is 4.83. The number of amides is 1. The van der Waals surface area contributed by atoms with Crippen LogP contribution in [0.5, 0.6) is 0 Å². The van der Waals surface area contributed by atoms with Gasteiger partial charge < -0.3 is 10.2 Å².